The Bertz CT molecular complexity index is 237. The van der Waals surface area contributed by atoms with Gasteiger partial charge >= 0.3 is 0 Å². The van der Waals surface area contributed by atoms with E-state index in [0.29, 0.717) is 0 Å². The van der Waals surface area contributed by atoms with E-state index in [9.17, 15) is 0 Å². The second kappa shape index (κ2) is 4.75. The molecule has 13 heavy (non-hydrogen) atoms. The van der Waals surface area contributed by atoms with Crippen molar-refractivity contribution in [1.29, 1.82) is 0 Å². The SMILES string of the molecule is CCC(CC)Oc1ccc(O)cc1. The molecule has 0 saturated carbocycles. The van der Waals surface area contributed by atoms with Crippen LogP contribution in [0, 0.1) is 0 Å². The van der Waals surface area contributed by atoms with Gasteiger partial charge in [-0.15, -0.1) is 0 Å². The Morgan fingerprint density at radius 1 is 1.15 bits per heavy atom. The summed E-state index contributed by atoms with van der Waals surface area (Å²) >= 11 is 0. The zero-order valence-corrected chi connectivity index (χ0v) is 8.16. The quantitative estimate of drug-likeness (QED) is 0.771. The summed E-state index contributed by atoms with van der Waals surface area (Å²) in [5.74, 6) is 1.10. The lowest BCUT2D eigenvalue weighted by molar-refractivity contribution is 0.192. The second-order valence-corrected chi connectivity index (χ2v) is 3.05. The van der Waals surface area contributed by atoms with E-state index in [1.54, 1.807) is 24.3 Å². The Balaban J connectivity index is 2.58. The zero-order chi connectivity index (χ0) is 9.68. The molecule has 0 aromatic heterocycles. The standard InChI is InChI=1S/C11H16O2/c1-3-10(4-2)13-11-7-5-9(12)6-8-11/h5-8,10,12H,3-4H2,1-2H3. The van der Waals surface area contributed by atoms with Gasteiger partial charge < -0.3 is 9.84 Å². The van der Waals surface area contributed by atoms with Gasteiger partial charge in [0, 0.05) is 0 Å². The number of hydrogen-bond donors (Lipinski definition) is 1. The Kier molecular flexibility index (Phi) is 3.62. The summed E-state index contributed by atoms with van der Waals surface area (Å²) in [5, 5.41) is 9.05. The van der Waals surface area contributed by atoms with Crippen LogP contribution < -0.4 is 4.74 Å². The minimum Gasteiger partial charge on any atom is -0.508 e. The average Bonchev–Trinajstić information content (AvgIpc) is 2.17. The third-order valence-corrected chi connectivity index (χ3v) is 2.05. The fraction of sp³-hybridized carbons (Fsp3) is 0.455. The fourth-order valence-corrected chi connectivity index (χ4v) is 1.17. The Morgan fingerprint density at radius 3 is 2.15 bits per heavy atom. The minimum absolute atomic E-state index is 0.275. The van der Waals surface area contributed by atoms with Crippen molar-refractivity contribution in [3.63, 3.8) is 0 Å². The number of phenols is 1. The Morgan fingerprint density at radius 2 is 1.69 bits per heavy atom. The van der Waals surface area contributed by atoms with Crippen LogP contribution in [-0.2, 0) is 0 Å². The van der Waals surface area contributed by atoms with Crippen LogP contribution in [0.3, 0.4) is 0 Å². The van der Waals surface area contributed by atoms with E-state index in [1.807, 2.05) is 0 Å². The predicted molar refractivity (Wildman–Crippen MR) is 53.1 cm³/mol. The highest BCUT2D eigenvalue weighted by Crippen LogP contribution is 2.18. The van der Waals surface area contributed by atoms with Crippen molar-refractivity contribution >= 4 is 0 Å². The first kappa shape index (κ1) is 9.90. The Labute approximate surface area is 79.2 Å². The van der Waals surface area contributed by atoms with Gasteiger partial charge in [-0.1, -0.05) is 13.8 Å². The number of rotatable bonds is 4. The summed E-state index contributed by atoms with van der Waals surface area (Å²) in [6.45, 7) is 4.21. The van der Waals surface area contributed by atoms with E-state index < -0.39 is 0 Å². The van der Waals surface area contributed by atoms with Crippen molar-refractivity contribution in [1.82, 2.24) is 0 Å². The molecule has 2 heteroatoms. The molecule has 0 aliphatic heterocycles. The van der Waals surface area contributed by atoms with Gasteiger partial charge in [0.05, 0.1) is 6.10 Å². The zero-order valence-electron chi connectivity index (χ0n) is 8.16. The van der Waals surface area contributed by atoms with Crippen LogP contribution in [0.1, 0.15) is 26.7 Å². The number of aromatic hydroxyl groups is 1. The summed E-state index contributed by atoms with van der Waals surface area (Å²) in [6.07, 6.45) is 2.30. The molecule has 0 saturated heterocycles. The molecular weight excluding hydrogens is 164 g/mol. The van der Waals surface area contributed by atoms with Gasteiger partial charge in [0.1, 0.15) is 11.5 Å². The van der Waals surface area contributed by atoms with E-state index >= 15 is 0 Å². The van der Waals surface area contributed by atoms with Crippen LogP contribution in [0.15, 0.2) is 24.3 Å². The molecule has 1 N–H and O–H groups in total. The third-order valence-electron chi connectivity index (χ3n) is 2.05. The molecule has 0 radical (unpaired) electrons. The van der Waals surface area contributed by atoms with Gasteiger partial charge in [-0.25, -0.2) is 0 Å². The molecule has 0 heterocycles. The van der Waals surface area contributed by atoms with Crippen molar-refractivity contribution < 1.29 is 9.84 Å². The highest BCUT2D eigenvalue weighted by Gasteiger charge is 2.04. The second-order valence-electron chi connectivity index (χ2n) is 3.05. The molecule has 1 aromatic carbocycles. The maximum Gasteiger partial charge on any atom is 0.119 e. The fourth-order valence-electron chi connectivity index (χ4n) is 1.17. The van der Waals surface area contributed by atoms with Crippen molar-refractivity contribution in [2.75, 3.05) is 0 Å². The summed E-state index contributed by atoms with van der Waals surface area (Å²) in [5.41, 5.74) is 0. The van der Waals surface area contributed by atoms with Crippen LogP contribution in [-0.4, -0.2) is 11.2 Å². The van der Waals surface area contributed by atoms with E-state index in [2.05, 4.69) is 13.8 Å². The van der Waals surface area contributed by atoms with Gasteiger partial charge in [0.25, 0.3) is 0 Å². The maximum absolute atomic E-state index is 9.05. The summed E-state index contributed by atoms with van der Waals surface area (Å²) in [7, 11) is 0. The molecule has 0 aliphatic carbocycles. The smallest absolute Gasteiger partial charge is 0.119 e. The van der Waals surface area contributed by atoms with Crippen molar-refractivity contribution in [2.45, 2.75) is 32.8 Å². The highest BCUT2D eigenvalue weighted by molar-refractivity contribution is 5.30. The van der Waals surface area contributed by atoms with Crippen LogP contribution in [0.4, 0.5) is 0 Å². The van der Waals surface area contributed by atoms with E-state index in [-0.39, 0.29) is 11.9 Å². The van der Waals surface area contributed by atoms with Gasteiger partial charge in [-0.3, -0.25) is 0 Å². The first-order valence-electron chi connectivity index (χ1n) is 4.72. The van der Waals surface area contributed by atoms with Crippen LogP contribution in [0.5, 0.6) is 11.5 Å². The first-order chi connectivity index (χ1) is 6.26. The van der Waals surface area contributed by atoms with Crippen LogP contribution in [0.25, 0.3) is 0 Å². The van der Waals surface area contributed by atoms with E-state index in [0.717, 1.165) is 18.6 Å². The topological polar surface area (TPSA) is 29.5 Å². The van der Waals surface area contributed by atoms with Gasteiger partial charge in [-0.2, -0.15) is 0 Å². The monoisotopic (exact) mass is 180 g/mol. The summed E-state index contributed by atoms with van der Waals surface area (Å²) < 4.78 is 5.66. The molecule has 72 valence electrons. The van der Waals surface area contributed by atoms with Crippen molar-refractivity contribution in [3.05, 3.63) is 24.3 Å². The van der Waals surface area contributed by atoms with Crippen LogP contribution in [0.2, 0.25) is 0 Å². The lowest BCUT2D eigenvalue weighted by atomic mass is 10.2. The number of benzene rings is 1. The summed E-state index contributed by atoms with van der Waals surface area (Å²) in [4.78, 5) is 0. The summed E-state index contributed by atoms with van der Waals surface area (Å²) in [6, 6.07) is 6.84. The van der Waals surface area contributed by atoms with Crippen molar-refractivity contribution in [3.8, 4) is 11.5 Å². The molecule has 0 aliphatic rings. The molecule has 0 unspecified atom stereocenters. The third kappa shape index (κ3) is 2.98. The lowest BCUT2D eigenvalue weighted by Crippen LogP contribution is -2.13. The van der Waals surface area contributed by atoms with Gasteiger partial charge in [-0.05, 0) is 37.1 Å². The molecule has 2 nitrogen and oxygen atoms in total. The Hall–Kier alpha value is -1.18. The molecule has 0 bridgehead atoms. The maximum atomic E-state index is 9.05. The number of phenolic OH excluding ortho intramolecular Hbond substituents is 1. The van der Waals surface area contributed by atoms with E-state index in [4.69, 9.17) is 9.84 Å². The number of ether oxygens (including phenoxy) is 1. The largest absolute Gasteiger partial charge is 0.508 e. The highest BCUT2D eigenvalue weighted by atomic mass is 16.5. The molecule has 1 rings (SSSR count). The minimum atomic E-state index is 0.275. The normalized spacial score (nSPS) is 10.4. The lowest BCUT2D eigenvalue weighted by Gasteiger charge is -2.15. The molecule has 1 aromatic rings. The van der Waals surface area contributed by atoms with Gasteiger partial charge in [0.15, 0.2) is 0 Å². The van der Waals surface area contributed by atoms with Crippen molar-refractivity contribution in [2.24, 2.45) is 0 Å². The molecule has 0 spiro atoms. The van der Waals surface area contributed by atoms with Gasteiger partial charge in [0.2, 0.25) is 0 Å². The predicted octanol–water partition coefficient (Wildman–Crippen LogP) is 2.96. The number of hydrogen-bond acceptors (Lipinski definition) is 2. The molecule has 0 fully saturated rings. The molecule has 0 amide bonds. The molecular formula is C11H16O2. The van der Waals surface area contributed by atoms with Crippen LogP contribution >= 0.6 is 0 Å². The average molecular weight is 180 g/mol. The first-order valence-corrected chi connectivity index (χ1v) is 4.72. The molecule has 0 atom stereocenters. The van der Waals surface area contributed by atoms with E-state index in [1.165, 1.54) is 0 Å².